The Bertz CT molecular complexity index is 2760. The summed E-state index contributed by atoms with van der Waals surface area (Å²) in [4.78, 5) is 69.1. The summed E-state index contributed by atoms with van der Waals surface area (Å²) in [6.45, 7) is 1.08. The fraction of sp³-hybridized carbons (Fsp3) is 0.226. The second kappa shape index (κ2) is 17.6. The number of hydrogen-bond donors (Lipinski definition) is 3. The summed E-state index contributed by atoms with van der Waals surface area (Å²) in [7, 11) is 0. The number of fused-ring (bicyclic) bond motifs is 4. The number of para-hydroxylation sites is 2. The maximum Gasteiger partial charge on any atom is 0.320 e. The first-order chi connectivity index (χ1) is 31.5. The van der Waals surface area contributed by atoms with Crippen molar-refractivity contribution in [3.05, 3.63) is 169 Å². The number of aliphatic carboxylic acids is 3. The Balaban J connectivity index is 0.000000165. The van der Waals surface area contributed by atoms with Crippen molar-refractivity contribution in [1.29, 1.82) is 0 Å². The van der Waals surface area contributed by atoms with Gasteiger partial charge in [-0.25, -0.2) is 0 Å². The van der Waals surface area contributed by atoms with Gasteiger partial charge in [-0.15, -0.1) is 0 Å². The van der Waals surface area contributed by atoms with E-state index in [1.165, 1.54) is 4.90 Å². The first-order valence-corrected chi connectivity index (χ1v) is 21.8. The zero-order valence-corrected chi connectivity index (χ0v) is 35.6. The lowest BCUT2D eigenvalue weighted by Gasteiger charge is -2.41. The zero-order chi connectivity index (χ0) is 45.3. The molecule has 0 bridgehead atoms. The number of hydrogen-bond acceptors (Lipinski definition) is 7. The van der Waals surface area contributed by atoms with E-state index in [1.807, 2.05) is 137 Å². The van der Waals surface area contributed by atoms with Crippen LogP contribution in [-0.4, -0.2) is 93.6 Å². The lowest BCUT2D eigenvalue weighted by molar-refractivity contribution is -0.150. The quantitative estimate of drug-likeness (QED) is 0.129. The molecule has 4 aliphatic heterocycles. The van der Waals surface area contributed by atoms with Gasteiger partial charge in [0.2, 0.25) is 11.8 Å². The minimum Gasteiger partial charge on any atom is -0.480 e. The van der Waals surface area contributed by atoms with Crippen LogP contribution in [0.25, 0.3) is 22.3 Å². The predicted octanol–water partition coefficient (Wildman–Crippen LogP) is 8.35. The van der Waals surface area contributed by atoms with Crippen LogP contribution in [0.3, 0.4) is 0 Å². The molecule has 2 fully saturated rings. The van der Waals surface area contributed by atoms with Crippen LogP contribution in [0, 0.1) is 0 Å². The highest BCUT2D eigenvalue weighted by Gasteiger charge is 2.56. The SMILES string of the molecule is O=C(O)CN1CCC2(CC1)C(=O)N(c1ccc(-c3ccccc3)cc1)c1ccccc12.O=C(O)CN1CCC2(CC1C(=O)O)C(=O)N(c1ccc(-c3ccccc3)cc1)c1ccccc12. The van der Waals surface area contributed by atoms with Crippen LogP contribution in [0.4, 0.5) is 22.7 Å². The number of carbonyl (C=O) groups excluding carboxylic acids is 2. The predicted molar refractivity (Wildman–Crippen MR) is 247 cm³/mol. The molecule has 2 amide bonds. The van der Waals surface area contributed by atoms with Gasteiger partial charge in [-0.1, -0.05) is 121 Å². The van der Waals surface area contributed by atoms with E-state index < -0.39 is 34.8 Å². The first kappa shape index (κ1) is 42.9. The highest BCUT2D eigenvalue weighted by atomic mass is 16.4. The molecular weight excluding hydrogens is 821 g/mol. The number of piperidine rings is 2. The van der Waals surface area contributed by atoms with Crippen LogP contribution < -0.4 is 9.80 Å². The van der Waals surface area contributed by atoms with Crippen molar-refractivity contribution < 1.29 is 39.3 Å². The van der Waals surface area contributed by atoms with Gasteiger partial charge in [0.25, 0.3) is 0 Å². The fourth-order valence-corrected chi connectivity index (χ4v) is 10.3. The third-order valence-electron chi connectivity index (χ3n) is 13.5. The lowest BCUT2D eigenvalue weighted by atomic mass is 9.71. The highest BCUT2D eigenvalue weighted by Crippen LogP contribution is 2.53. The number of amides is 2. The first-order valence-electron chi connectivity index (χ1n) is 21.8. The Hall–Kier alpha value is -7.41. The van der Waals surface area contributed by atoms with Crippen molar-refractivity contribution >= 4 is 52.5 Å². The fourth-order valence-electron chi connectivity index (χ4n) is 10.3. The number of carbonyl (C=O) groups is 5. The molecule has 4 aliphatic rings. The molecule has 4 heterocycles. The van der Waals surface area contributed by atoms with E-state index in [0.717, 1.165) is 50.4 Å². The molecule has 12 heteroatoms. The van der Waals surface area contributed by atoms with E-state index in [0.29, 0.717) is 38.0 Å². The van der Waals surface area contributed by atoms with Gasteiger partial charge >= 0.3 is 17.9 Å². The Morgan fingerprint density at radius 1 is 0.477 bits per heavy atom. The van der Waals surface area contributed by atoms with E-state index in [1.54, 1.807) is 4.90 Å². The Morgan fingerprint density at radius 2 is 0.877 bits per heavy atom. The molecule has 65 heavy (non-hydrogen) atoms. The molecule has 0 saturated carbocycles. The van der Waals surface area contributed by atoms with Crippen LogP contribution in [-0.2, 0) is 34.8 Å². The normalized spacial score (nSPS) is 20.0. The van der Waals surface area contributed by atoms with Crippen molar-refractivity contribution in [3.63, 3.8) is 0 Å². The van der Waals surface area contributed by atoms with Gasteiger partial charge in [0.15, 0.2) is 0 Å². The monoisotopic (exact) mass is 868 g/mol. The largest absolute Gasteiger partial charge is 0.480 e. The number of anilines is 4. The third kappa shape index (κ3) is 7.96. The molecule has 328 valence electrons. The van der Waals surface area contributed by atoms with E-state index in [9.17, 15) is 34.2 Å². The topological polar surface area (TPSA) is 159 Å². The maximum atomic E-state index is 14.0. The average molecular weight is 869 g/mol. The van der Waals surface area contributed by atoms with Crippen LogP contribution in [0.15, 0.2) is 158 Å². The Labute approximate surface area is 376 Å². The summed E-state index contributed by atoms with van der Waals surface area (Å²) in [6.07, 6.45) is 1.66. The Morgan fingerprint density at radius 3 is 1.34 bits per heavy atom. The third-order valence-corrected chi connectivity index (χ3v) is 13.5. The van der Waals surface area contributed by atoms with Gasteiger partial charge < -0.3 is 15.3 Å². The number of carboxylic acid groups (broad SMARTS) is 3. The molecule has 6 aromatic carbocycles. The molecule has 0 aromatic heterocycles. The molecule has 2 spiro atoms. The molecule has 2 saturated heterocycles. The molecule has 2 unspecified atom stereocenters. The van der Waals surface area contributed by atoms with Gasteiger partial charge in [-0.05, 0) is 95.5 Å². The van der Waals surface area contributed by atoms with Crippen LogP contribution >= 0.6 is 0 Å². The summed E-state index contributed by atoms with van der Waals surface area (Å²) in [6, 6.07) is 50.5. The molecule has 0 radical (unpaired) electrons. The number of likely N-dealkylation sites (tertiary alicyclic amines) is 2. The Kier molecular flexibility index (Phi) is 11.6. The number of benzene rings is 6. The number of carboxylic acids is 3. The van der Waals surface area contributed by atoms with E-state index in [-0.39, 0.29) is 37.9 Å². The van der Waals surface area contributed by atoms with Crippen molar-refractivity contribution in [1.82, 2.24) is 9.80 Å². The number of nitrogens with zero attached hydrogens (tertiary/aromatic N) is 4. The van der Waals surface area contributed by atoms with Crippen molar-refractivity contribution in [2.45, 2.75) is 42.6 Å². The summed E-state index contributed by atoms with van der Waals surface area (Å²) in [5.74, 6) is -3.09. The molecule has 6 aromatic rings. The van der Waals surface area contributed by atoms with Gasteiger partial charge in [0, 0.05) is 31.0 Å². The highest BCUT2D eigenvalue weighted by molar-refractivity contribution is 6.14. The summed E-state index contributed by atoms with van der Waals surface area (Å²) in [5, 5.41) is 28.2. The van der Waals surface area contributed by atoms with Gasteiger partial charge in [-0.2, -0.15) is 0 Å². The molecule has 3 N–H and O–H groups in total. The molecular formula is C53H48N4O8. The van der Waals surface area contributed by atoms with Gasteiger partial charge in [0.05, 0.1) is 35.3 Å². The van der Waals surface area contributed by atoms with Crippen molar-refractivity contribution in [2.75, 3.05) is 42.5 Å². The summed E-state index contributed by atoms with van der Waals surface area (Å²) < 4.78 is 0. The van der Waals surface area contributed by atoms with Crippen LogP contribution in [0.2, 0.25) is 0 Å². The summed E-state index contributed by atoms with van der Waals surface area (Å²) in [5.41, 5.74) is 7.90. The van der Waals surface area contributed by atoms with Crippen LogP contribution in [0.5, 0.6) is 0 Å². The van der Waals surface area contributed by atoms with E-state index >= 15 is 0 Å². The maximum absolute atomic E-state index is 14.0. The van der Waals surface area contributed by atoms with Crippen molar-refractivity contribution in [3.8, 4) is 22.3 Å². The van der Waals surface area contributed by atoms with E-state index in [2.05, 4.69) is 30.3 Å². The lowest BCUT2D eigenvalue weighted by Crippen LogP contribution is -2.56. The minimum absolute atomic E-state index is 0.0244. The standard InChI is InChI=1S/C27H24N2O5.C26H24N2O3/c30-24(31)17-28-15-14-27(16-23(28)25(32)33)21-8-4-5-9-22(21)29(26(27)34)20-12-10-19(11-13-20)18-6-2-1-3-7-18;29-24(30)18-27-16-14-26(15-17-27)22-8-4-5-9-23(22)28(25(26)31)21-12-10-20(11-13-21)19-6-2-1-3-7-19/h1-13,23H,14-17H2,(H,30,31)(H,32,33);1-13H,14-18H2,(H,29,30). The van der Waals surface area contributed by atoms with Gasteiger partial charge in [0.1, 0.15) is 6.04 Å². The average Bonchev–Trinajstić information content (AvgIpc) is 3.71. The molecule has 0 aliphatic carbocycles. The molecule has 12 nitrogen and oxygen atoms in total. The van der Waals surface area contributed by atoms with Gasteiger partial charge in [-0.3, -0.25) is 43.6 Å². The smallest absolute Gasteiger partial charge is 0.320 e. The van der Waals surface area contributed by atoms with Crippen LogP contribution in [0.1, 0.15) is 36.8 Å². The molecule has 2 atom stereocenters. The zero-order valence-electron chi connectivity index (χ0n) is 35.6. The summed E-state index contributed by atoms with van der Waals surface area (Å²) >= 11 is 0. The molecule has 10 rings (SSSR count). The second-order valence-electron chi connectivity index (χ2n) is 17.1. The minimum atomic E-state index is -1.11. The van der Waals surface area contributed by atoms with E-state index in [4.69, 9.17) is 5.11 Å². The van der Waals surface area contributed by atoms with Crippen molar-refractivity contribution in [2.24, 2.45) is 0 Å². The number of rotatable bonds is 9. The second-order valence-corrected chi connectivity index (χ2v) is 17.1.